The second kappa shape index (κ2) is 6.54. The molecule has 1 rings (SSSR count). The zero-order chi connectivity index (χ0) is 12.0. The van der Waals surface area contributed by atoms with Crippen molar-refractivity contribution in [3.05, 3.63) is 0 Å². The molecular formula is C10H23N3O2S. The van der Waals surface area contributed by atoms with Gasteiger partial charge in [-0.2, -0.15) is 0 Å². The van der Waals surface area contributed by atoms with E-state index in [0.29, 0.717) is 19.0 Å². The van der Waals surface area contributed by atoms with Crippen LogP contribution in [-0.4, -0.2) is 58.8 Å². The molecule has 1 aliphatic carbocycles. The Kier molecular flexibility index (Phi) is 5.68. The molecule has 0 saturated heterocycles. The van der Waals surface area contributed by atoms with Crippen LogP contribution in [0.1, 0.15) is 19.3 Å². The van der Waals surface area contributed by atoms with Crippen LogP contribution in [0, 0.1) is 0 Å². The lowest BCUT2D eigenvalue weighted by Gasteiger charge is -2.15. The largest absolute Gasteiger partial charge is 0.320 e. The molecule has 1 fully saturated rings. The van der Waals surface area contributed by atoms with Gasteiger partial charge in [0, 0.05) is 19.1 Å². The summed E-state index contributed by atoms with van der Waals surface area (Å²) in [6.45, 7) is 2.06. The summed E-state index contributed by atoms with van der Waals surface area (Å²) in [6, 6.07) is 0.689. The van der Waals surface area contributed by atoms with E-state index in [9.17, 15) is 8.42 Å². The number of hydrogen-bond donors (Lipinski definition) is 2. The predicted octanol–water partition coefficient (Wildman–Crippen LogP) is -0.390. The van der Waals surface area contributed by atoms with E-state index in [1.807, 2.05) is 14.1 Å². The Morgan fingerprint density at radius 3 is 2.56 bits per heavy atom. The Hall–Kier alpha value is -0.170. The number of nitrogens with zero attached hydrogens (tertiary/aromatic N) is 1. The van der Waals surface area contributed by atoms with Crippen molar-refractivity contribution in [1.82, 2.24) is 14.9 Å². The summed E-state index contributed by atoms with van der Waals surface area (Å²) < 4.78 is 25.7. The molecule has 0 aromatic carbocycles. The highest BCUT2D eigenvalue weighted by Crippen LogP contribution is 2.24. The highest BCUT2D eigenvalue weighted by Gasteiger charge is 2.25. The van der Waals surface area contributed by atoms with Gasteiger partial charge in [0.05, 0.1) is 5.75 Å². The summed E-state index contributed by atoms with van der Waals surface area (Å²) in [6.07, 6.45) is 3.17. The monoisotopic (exact) mass is 249 g/mol. The Labute approximate surface area is 98.6 Å². The first-order valence-corrected chi connectivity index (χ1v) is 7.52. The highest BCUT2D eigenvalue weighted by molar-refractivity contribution is 7.89. The maximum absolute atomic E-state index is 11.5. The SMILES string of the molecule is CNCCCS(=O)(=O)NCCN(C)C1CC1. The number of sulfonamides is 1. The van der Waals surface area contributed by atoms with Crippen molar-refractivity contribution in [3.63, 3.8) is 0 Å². The van der Waals surface area contributed by atoms with E-state index in [2.05, 4.69) is 14.9 Å². The van der Waals surface area contributed by atoms with Crippen molar-refractivity contribution in [1.29, 1.82) is 0 Å². The minimum Gasteiger partial charge on any atom is -0.320 e. The Morgan fingerprint density at radius 1 is 1.31 bits per heavy atom. The Morgan fingerprint density at radius 2 is 2.00 bits per heavy atom. The summed E-state index contributed by atoms with van der Waals surface area (Å²) >= 11 is 0. The first kappa shape index (κ1) is 13.9. The van der Waals surface area contributed by atoms with Crippen molar-refractivity contribution in [3.8, 4) is 0 Å². The van der Waals surface area contributed by atoms with Gasteiger partial charge in [-0.15, -0.1) is 0 Å². The first-order chi connectivity index (χ1) is 7.55. The van der Waals surface area contributed by atoms with Crippen LogP contribution >= 0.6 is 0 Å². The fourth-order valence-electron chi connectivity index (χ4n) is 1.59. The maximum atomic E-state index is 11.5. The van der Waals surface area contributed by atoms with Crippen molar-refractivity contribution < 1.29 is 8.42 Å². The molecule has 0 aromatic heterocycles. The normalized spacial score (nSPS) is 16.9. The third kappa shape index (κ3) is 5.79. The molecule has 16 heavy (non-hydrogen) atoms. The molecule has 0 spiro atoms. The van der Waals surface area contributed by atoms with E-state index < -0.39 is 10.0 Å². The second-order valence-corrected chi connectivity index (χ2v) is 6.31. The van der Waals surface area contributed by atoms with Crippen LogP contribution in [0.5, 0.6) is 0 Å². The predicted molar refractivity (Wildman–Crippen MR) is 66.0 cm³/mol. The van der Waals surface area contributed by atoms with E-state index in [-0.39, 0.29) is 5.75 Å². The van der Waals surface area contributed by atoms with Gasteiger partial charge in [-0.05, 0) is 39.9 Å². The quantitative estimate of drug-likeness (QED) is 0.546. The Balaban J connectivity index is 2.09. The van der Waals surface area contributed by atoms with E-state index in [0.717, 1.165) is 13.1 Å². The zero-order valence-corrected chi connectivity index (χ0v) is 11.0. The number of hydrogen-bond acceptors (Lipinski definition) is 4. The van der Waals surface area contributed by atoms with Crippen LogP contribution in [0.25, 0.3) is 0 Å². The van der Waals surface area contributed by atoms with E-state index in [1.54, 1.807) is 0 Å². The van der Waals surface area contributed by atoms with Gasteiger partial charge >= 0.3 is 0 Å². The molecule has 0 heterocycles. The maximum Gasteiger partial charge on any atom is 0.211 e. The molecule has 0 unspecified atom stereocenters. The molecule has 0 aromatic rings. The lowest BCUT2D eigenvalue weighted by molar-refractivity contribution is 0.329. The fraction of sp³-hybridized carbons (Fsp3) is 1.00. The molecule has 96 valence electrons. The second-order valence-electron chi connectivity index (χ2n) is 4.38. The van der Waals surface area contributed by atoms with Crippen LogP contribution in [0.4, 0.5) is 0 Å². The molecule has 0 aliphatic heterocycles. The van der Waals surface area contributed by atoms with Gasteiger partial charge in [-0.25, -0.2) is 13.1 Å². The molecular weight excluding hydrogens is 226 g/mol. The minimum atomic E-state index is -3.07. The topological polar surface area (TPSA) is 61.4 Å². The van der Waals surface area contributed by atoms with Crippen LogP contribution in [0.2, 0.25) is 0 Å². The van der Waals surface area contributed by atoms with Gasteiger partial charge in [-0.3, -0.25) is 0 Å². The lowest BCUT2D eigenvalue weighted by Crippen LogP contribution is -2.35. The Bertz CT molecular complexity index is 288. The van der Waals surface area contributed by atoms with E-state index >= 15 is 0 Å². The summed E-state index contributed by atoms with van der Waals surface area (Å²) in [7, 11) is 0.801. The van der Waals surface area contributed by atoms with Gasteiger partial charge in [0.1, 0.15) is 0 Å². The molecule has 0 amide bonds. The molecule has 0 atom stereocenters. The average Bonchev–Trinajstić information content (AvgIpc) is 3.00. The van der Waals surface area contributed by atoms with Crippen molar-refractivity contribution in [2.45, 2.75) is 25.3 Å². The number of nitrogens with one attached hydrogen (secondary N) is 2. The minimum absolute atomic E-state index is 0.209. The summed E-state index contributed by atoms with van der Waals surface area (Å²) in [5.74, 6) is 0.209. The highest BCUT2D eigenvalue weighted by atomic mass is 32.2. The molecule has 1 aliphatic rings. The molecule has 0 bridgehead atoms. The third-order valence-electron chi connectivity index (χ3n) is 2.80. The lowest BCUT2D eigenvalue weighted by atomic mass is 10.5. The number of likely N-dealkylation sites (N-methyl/N-ethyl adjacent to an activating group) is 1. The summed E-state index contributed by atoms with van der Waals surface area (Å²) in [5.41, 5.74) is 0. The van der Waals surface area contributed by atoms with Crippen LogP contribution in [0.3, 0.4) is 0 Å². The third-order valence-corrected chi connectivity index (χ3v) is 4.27. The zero-order valence-electron chi connectivity index (χ0n) is 10.2. The molecule has 5 nitrogen and oxygen atoms in total. The van der Waals surface area contributed by atoms with Gasteiger partial charge in [0.25, 0.3) is 0 Å². The van der Waals surface area contributed by atoms with Gasteiger partial charge < -0.3 is 10.2 Å². The standard InChI is InChI=1S/C10H23N3O2S/c1-11-6-3-9-16(14,15)12-7-8-13(2)10-4-5-10/h10-12H,3-9H2,1-2H3. The van der Waals surface area contributed by atoms with Crippen LogP contribution < -0.4 is 10.0 Å². The van der Waals surface area contributed by atoms with Crippen molar-refractivity contribution in [2.24, 2.45) is 0 Å². The van der Waals surface area contributed by atoms with Gasteiger partial charge in [0.2, 0.25) is 10.0 Å². The van der Waals surface area contributed by atoms with Crippen molar-refractivity contribution in [2.75, 3.05) is 39.5 Å². The average molecular weight is 249 g/mol. The van der Waals surface area contributed by atoms with Gasteiger partial charge in [-0.1, -0.05) is 0 Å². The van der Waals surface area contributed by atoms with Crippen LogP contribution in [0.15, 0.2) is 0 Å². The molecule has 2 N–H and O–H groups in total. The van der Waals surface area contributed by atoms with Crippen LogP contribution in [-0.2, 0) is 10.0 Å². The smallest absolute Gasteiger partial charge is 0.211 e. The van der Waals surface area contributed by atoms with E-state index in [1.165, 1.54) is 12.8 Å². The van der Waals surface area contributed by atoms with Crippen molar-refractivity contribution >= 4 is 10.0 Å². The molecule has 0 radical (unpaired) electrons. The van der Waals surface area contributed by atoms with Gasteiger partial charge in [0.15, 0.2) is 0 Å². The first-order valence-electron chi connectivity index (χ1n) is 5.87. The summed E-state index contributed by atoms with van der Waals surface area (Å²) in [4.78, 5) is 2.22. The number of rotatable bonds is 9. The fourth-order valence-corrected chi connectivity index (χ4v) is 2.66. The molecule has 1 saturated carbocycles. The molecule has 6 heteroatoms. The summed E-state index contributed by atoms with van der Waals surface area (Å²) in [5, 5.41) is 2.94. The van der Waals surface area contributed by atoms with E-state index in [4.69, 9.17) is 0 Å².